The molecule has 0 unspecified atom stereocenters. The molecule has 142 valence electrons. The van der Waals surface area contributed by atoms with Gasteiger partial charge in [0.2, 0.25) is 0 Å². The number of rotatable bonds is 6. The monoisotopic (exact) mass is 382 g/mol. The lowest BCUT2D eigenvalue weighted by molar-refractivity contribution is 0.614. The van der Waals surface area contributed by atoms with Crippen molar-refractivity contribution in [1.82, 2.24) is 24.9 Å². The Morgan fingerprint density at radius 1 is 1.11 bits per heavy atom. The van der Waals surface area contributed by atoms with Crippen LogP contribution < -0.4 is 10.6 Å². The van der Waals surface area contributed by atoms with E-state index in [1.807, 2.05) is 22.4 Å². The Bertz CT molecular complexity index is 940. The second-order valence-corrected chi connectivity index (χ2v) is 6.98. The number of anilines is 1. The summed E-state index contributed by atoms with van der Waals surface area (Å²) in [5.41, 5.74) is 6.60. The molecule has 2 heterocycles. The fourth-order valence-corrected chi connectivity index (χ4v) is 3.28. The maximum atomic E-state index is 5.48. The van der Waals surface area contributed by atoms with Crippen LogP contribution in [0.2, 0.25) is 0 Å². The van der Waals surface area contributed by atoms with Crippen molar-refractivity contribution in [2.75, 3.05) is 5.32 Å². The Hall–Kier alpha value is -2.67. The molecule has 0 amide bonds. The van der Waals surface area contributed by atoms with Crippen molar-refractivity contribution in [1.29, 1.82) is 0 Å². The van der Waals surface area contributed by atoms with Crippen LogP contribution in [0.3, 0.4) is 0 Å². The zero-order valence-electron chi connectivity index (χ0n) is 16.3. The molecule has 0 fully saturated rings. The first kappa shape index (κ1) is 19.1. The fourth-order valence-electron chi connectivity index (χ4n) is 3.10. The number of aromatic nitrogens is 4. The predicted molar refractivity (Wildman–Crippen MR) is 113 cm³/mol. The second-order valence-electron chi connectivity index (χ2n) is 6.58. The van der Waals surface area contributed by atoms with Gasteiger partial charge in [-0.15, -0.1) is 0 Å². The molecule has 27 heavy (non-hydrogen) atoms. The summed E-state index contributed by atoms with van der Waals surface area (Å²) in [6.07, 6.45) is 1.81. The van der Waals surface area contributed by atoms with E-state index in [2.05, 4.69) is 65.9 Å². The van der Waals surface area contributed by atoms with E-state index < -0.39 is 0 Å². The Kier molecular flexibility index (Phi) is 5.91. The summed E-state index contributed by atoms with van der Waals surface area (Å²) in [5.74, 6) is 0. The van der Waals surface area contributed by atoms with E-state index in [0.717, 1.165) is 35.9 Å². The minimum Gasteiger partial charge on any atom is -0.357 e. The molecule has 0 aliphatic heterocycles. The summed E-state index contributed by atoms with van der Waals surface area (Å²) in [6.45, 7) is 10.5. The lowest BCUT2D eigenvalue weighted by Gasteiger charge is -2.12. The number of thiocarbonyl (C=S) groups is 1. The van der Waals surface area contributed by atoms with Crippen molar-refractivity contribution < 1.29 is 0 Å². The summed E-state index contributed by atoms with van der Waals surface area (Å²) >= 11 is 5.48. The maximum absolute atomic E-state index is 5.48. The summed E-state index contributed by atoms with van der Waals surface area (Å²) in [6, 6.07) is 10.4. The molecule has 2 aromatic heterocycles. The van der Waals surface area contributed by atoms with E-state index in [-0.39, 0.29) is 0 Å². The molecule has 3 rings (SSSR count). The number of benzene rings is 1. The normalized spacial score (nSPS) is 10.8. The molecule has 2 N–H and O–H groups in total. The number of nitrogens with zero attached hydrogens (tertiary/aromatic N) is 4. The van der Waals surface area contributed by atoms with Gasteiger partial charge in [-0.2, -0.15) is 10.2 Å². The lowest BCUT2D eigenvalue weighted by Crippen LogP contribution is -2.29. The van der Waals surface area contributed by atoms with E-state index in [1.54, 1.807) is 6.20 Å². The van der Waals surface area contributed by atoms with Gasteiger partial charge in [-0.1, -0.05) is 24.3 Å². The van der Waals surface area contributed by atoms with Crippen LogP contribution in [0, 0.1) is 20.8 Å². The molecule has 0 spiro atoms. The average Bonchev–Trinajstić information content (AvgIpc) is 3.21. The third-order valence-electron chi connectivity index (χ3n) is 4.74. The predicted octanol–water partition coefficient (Wildman–Crippen LogP) is 3.56. The summed E-state index contributed by atoms with van der Waals surface area (Å²) in [4.78, 5) is 0. The van der Waals surface area contributed by atoms with Crippen LogP contribution in [0.15, 0.2) is 36.5 Å². The minimum absolute atomic E-state index is 0.584. The highest BCUT2D eigenvalue weighted by atomic mass is 32.1. The van der Waals surface area contributed by atoms with Gasteiger partial charge in [0.05, 0.1) is 35.9 Å². The van der Waals surface area contributed by atoms with Crippen LogP contribution in [0.25, 0.3) is 0 Å². The van der Waals surface area contributed by atoms with Gasteiger partial charge in [-0.25, -0.2) is 0 Å². The third-order valence-corrected chi connectivity index (χ3v) is 4.98. The van der Waals surface area contributed by atoms with Crippen LogP contribution in [0.4, 0.5) is 5.69 Å². The number of aryl methyl sites for hydroxylation is 3. The lowest BCUT2D eigenvalue weighted by atomic mass is 10.1. The Balaban J connectivity index is 1.67. The van der Waals surface area contributed by atoms with E-state index in [1.165, 1.54) is 11.1 Å². The number of nitrogens with one attached hydrogen (secondary N) is 2. The van der Waals surface area contributed by atoms with Gasteiger partial charge in [0.15, 0.2) is 5.11 Å². The van der Waals surface area contributed by atoms with Crippen LogP contribution in [0.1, 0.15) is 35.1 Å². The summed E-state index contributed by atoms with van der Waals surface area (Å²) < 4.78 is 3.97. The van der Waals surface area contributed by atoms with Crippen LogP contribution in [-0.4, -0.2) is 24.7 Å². The Morgan fingerprint density at radius 3 is 2.63 bits per heavy atom. The van der Waals surface area contributed by atoms with Crippen molar-refractivity contribution in [2.24, 2.45) is 0 Å². The van der Waals surface area contributed by atoms with Gasteiger partial charge in [0.1, 0.15) is 0 Å². The molecule has 6 nitrogen and oxygen atoms in total. The van der Waals surface area contributed by atoms with Crippen molar-refractivity contribution >= 4 is 23.0 Å². The molecule has 0 saturated carbocycles. The zero-order chi connectivity index (χ0) is 19.4. The largest absolute Gasteiger partial charge is 0.357 e. The van der Waals surface area contributed by atoms with Crippen LogP contribution in [-0.2, 0) is 19.6 Å². The first-order valence-electron chi connectivity index (χ1n) is 9.13. The molecule has 3 aromatic rings. The Labute approximate surface area is 165 Å². The highest BCUT2D eigenvalue weighted by Crippen LogP contribution is 2.21. The van der Waals surface area contributed by atoms with E-state index >= 15 is 0 Å². The van der Waals surface area contributed by atoms with Gasteiger partial charge in [0, 0.05) is 12.7 Å². The SMILES string of the molecule is CCn1nccc1CNC(=S)Nc1c(C)nn(Cc2ccccc2C)c1C. The fraction of sp³-hybridized carbons (Fsp3) is 0.350. The van der Waals surface area contributed by atoms with Gasteiger partial charge in [-0.05, 0) is 57.1 Å². The van der Waals surface area contributed by atoms with Gasteiger partial charge in [0.25, 0.3) is 0 Å². The van der Waals surface area contributed by atoms with E-state index in [9.17, 15) is 0 Å². The molecule has 0 aliphatic carbocycles. The number of hydrogen-bond acceptors (Lipinski definition) is 3. The Morgan fingerprint density at radius 2 is 1.89 bits per heavy atom. The standard InChI is InChI=1S/C20H26N6S/c1-5-25-18(10-11-22-25)12-21-20(27)23-19-15(3)24-26(16(19)4)13-17-9-7-6-8-14(17)2/h6-11H,5,12-13H2,1-4H3,(H2,21,23,27). The summed E-state index contributed by atoms with van der Waals surface area (Å²) in [5, 5.41) is 16.1. The van der Waals surface area contributed by atoms with Crippen molar-refractivity contribution in [2.45, 2.75) is 47.3 Å². The van der Waals surface area contributed by atoms with Gasteiger partial charge in [-0.3, -0.25) is 9.36 Å². The first-order valence-corrected chi connectivity index (χ1v) is 9.54. The second kappa shape index (κ2) is 8.35. The molecule has 0 aliphatic rings. The van der Waals surface area contributed by atoms with E-state index in [0.29, 0.717) is 11.7 Å². The van der Waals surface area contributed by atoms with Crippen molar-refractivity contribution in [3.05, 3.63) is 64.7 Å². The minimum atomic E-state index is 0.584. The van der Waals surface area contributed by atoms with Crippen LogP contribution in [0.5, 0.6) is 0 Å². The van der Waals surface area contributed by atoms with Crippen molar-refractivity contribution in [3.63, 3.8) is 0 Å². The molecule has 0 radical (unpaired) electrons. The topological polar surface area (TPSA) is 59.7 Å². The number of hydrogen-bond donors (Lipinski definition) is 2. The first-order chi connectivity index (χ1) is 13.0. The molecular formula is C20H26N6S. The smallest absolute Gasteiger partial charge is 0.171 e. The van der Waals surface area contributed by atoms with Crippen molar-refractivity contribution in [3.8, 4) is 0 Å². The average molecular weight is 383 g/mol. The molecule has 1 aromatic carbocycles. The highest BCUT2D eigenvalue weighted by Gasteiger charge is 2.14. The third kappa shape index (κ3) is 4.36. The van der Waals surface area contributed by atoms with Gasteiger partial charge < -0.3 is 10.6 Å². The molecule has 0 saturated heterocycles. The van der Waals surface area contributed by atoms with E-state index in [4.69, 9.17) is 12.2 Å². The molecule has 0 bridgehead atoms. The summed E-state index contributed by atoms with van der Waals surface area (Å²) in [7, 11) is 0. The van der Waals surface area contributed by atoms with Crippen LogP contribution >= 0.6 is 12.2 Å². The maximum Gasteiger partial charge on any atom is 0.171 e. The van der Waals surface area contributed by atoms with Gasteiger partial charge >= 0.3 is 0 Å². The molecule has 7 heteroatoms. The zero-order valence-corrected chi connectivity index (χ0v) is 17.1. The highest BCUT2D eigenvalue weighted by molar-refractivity contribution is 7.80. The molecule has 0 atom stereocenters. The quantitative estimate of drug-likeness (QED) is 0.639. The molecular weight excluding hydrogens is 356 g/mol.